The highest BCUT2D eigenvalue weighted by Crippen LogP contribution is 2.18. The molecule has 0 bridgehead atoms. The van der Waals surface area contributed by atoms with E-state index in [1.807, 2.05) is 31.2 Å². The van der Waals surface area contributed by atoms with Crippen LogP contribution in [0.15, 0.2) is 54.1 Å². The van der Waals surface area contributed by atoms with Gasteiger partial charge in [-0.1, -0.05) is 36.3 Å². The number of benzene rings is 2. The number of nitrogens with zero attached hydrogens (tertiary/aromatic N) is 1. The van der Waals surface area contributed by atoms with Gasteiger partial charge in [0.15, 0.2) is 0 Å². The Labute approximate surface area is 141 Å². The SMILES string of the molecule is C#CCOc1cccc(/C=C(/C#N)C(=O)Nc2ccccc2C)c1. The molecule has 4 nitrogen and oxygen atoms in total. The van der Waals surface area contributed by atoms with Crippen LogP contribution in [0.3, 0.4) is 0 Å². The Hall–Kier alpha value is -3.50. The molecule has 2 aromatic rings. The van der Waals surface area contributed by atoms with E-state index in [0.29, 0.717) is 17.0 Å². The van der Waals surface area contributed by atoms with E-state index in [1.165, 1.54) is 6.08 Å². The molecule has 0 aliphatic heterocycles. The Morgan fingerprint density at radius 1 is 1.29 bits per heavy atom. The molecule has 0 saturated heterocycles. The predicted molar refractivity (Wildman–Crippen MR) is 94.2 cm³/mol. The molecule has 118 valence electrons. The lowest BCUT2D eigenvalue weighted by molar-refractivity contribution is -0.112. The number of carbonyl (C=O) groups is 1. The first-order valence-corrected chi connectivity index (χ1v) is 7.29. The molecule has 2 aromatic carbocycles. The number of hydrogen-bond donors (Lipinski definition) is 1. The molecular formula is C20H16N2O2. The maximum atomic E-state index is 12.3. The van der Waals surface area contributed by atoms with E-state index in [0.717, 1.165) is 5.56 Å². The highest BCUT2D eigenvalue weighted by atomic mass is 16.5. The van der Waals surface area contributed by atoms with E-state index in [1.54, 1.807) is 30.3 Å². The van der Waals surface area contributed by atoms with Crippen LogP contribution in [0.1, 0.15) is 11.1 Å². The Kier molecular flexibility index (Phi) is 5.77. The van der Waals surface area contributed by atoms with E-state index in [4.69, 9.17) is 11.2 Å². The van der Waals surface area contributed by atoms with Crippen LogP contribution < -0.4 is 10.1 Å². The number of para-hydroxylation sites is 1. The summed E-state index contributed by atoms with van der Waals surface area (Å²) in [6.07, 6.45) is 6.67. The molecule has 0 aromatic heterocycles. The summed E-state index contributed by atoms with van der Waals surface area (Å²) in [7, 11) is 0. The first-order chi connectivity index (χ1) is 11.6. The highest BCUT2D eigenvalue weighted by molar-refractivity contribution is 6.09. The summed E-state index contributed by atoms with van der Waals surface area (Å²) in [5.74, 6) is 2.51. The van der Waals surface area contributed by atoms with Crippen LogP contribution in [0, 0.1) is 30.6 Å². The zero-order valence-corrected chi connectivity index (χ0v) is 13.2. The maximum Gasteiger partial charge on any atom is 0.266 e. The van der Waals surface area contributed by atoms with Crippen molar-refractivity contribution in [3.8, 4) is 24.2 Å². The minimum atomic E-state index is -0.457. The van der Waals surface area contributed by atoms with Gasteiger partial charge >= 0.3 is 0 Å². The molecular weight excluding hydrogens is 300 g/mol. The van der Waals surface area contributed by atoms with Gasteiger partial charge in [0, 0.05) is 5.69 Å². The smallest absolute Gasteiger partial charge is 0.266 e. The summed E-state index contributed by atoms with van der Waals surface area (Å²) >= 11 is 0. The average Bonchev–Trinajstić information content (AvgIpc) is 2.60. The summed E-state index contributed by atoms with van der Waals surface area (Å²) in [5.41, 5.74) is 2.29. The van der Waals surface area contributed by atoms with E-state index in [9.17, 15) is 10.1 Å². The largest absolute Gasteiger partial charge is 0.481 e. The summed E-state index contributed by atoms with van der Waals surface area (Å²) in [6, 6.07) is 16.3. The van der Waals surface area contributed by atoms with Crippen LogP contribution >= 0.6 is 0 Å². The van der Waals surface area contributed by atoms with Crippen molar-refractivity contribution in [2.45, 2.75) is 6.92 Å². The van der Waals surface area contributed by atoms with Crippen LogP contribution in [0.25, 0.3) is 6.08 Å². The van der Waals surface area contributed by atoms with Crippen molar-refractivity contribution < 1.29 is 9.53 Å². The standard InChI is InChI=1S/C20H16N2O2/c1-3-11-24-18-9-6-8-16(13-18)12-17(14-21)20(23)22-19-10-5-4-7-15(19)2/h1,4-10,12-13H,11H2,2H3,(H,22,23)/b17-12-. The summed E-state index contributed by atoms with van der Waals surface area (Å²) in [6.45, 7) is 2.05. The maximum absolute atomic E-state index is 12.3. The molecule has 24 heavy (non-hydrogen) atoms. The van der Waals surface area contributed by atoms with E-state index in [2.05, 4.69) is 11.2 Å². The molecule has 0 unspecified atom stereocenters. The normalized spacial score (nSPS) is 10.4. The van der Waals surface area contributed by atoms with Gasteiger partial charge in [-0.3, -0.25) is 4.79 Å². The number of terminal acetylenes is 1. The minimum Gasteiger partial charge on any atom is -0.481 e. The van der Waals surface area contributed by atoms with Gasteiger partial charge in [0.2, 0.25) is 0 Å². The molecule has 0 fully saturated rings. The van der Waals surface area contributed by atoms with Crippen LogP contribution in [-0.4, -0.2) is 12.5 Å². The first-order valence-electron chi connectivity index (χ1n) is 7.29. The summed E-state index contributed by atoms with van der Waals surface area (Å²) in [4.78, 5) is 12.3. The molecule has 0 radical (unpaired) electrons. The molecule has 1 amide bonds. The lowest BCUT2D eigenvalue weighted by Gasteiger charge is -2.07. The third kappa shape index (κ3) is 4.50. The van der Waals surface area contributed by atoms with Gasteiger partial charge in [0.25, 0.3) is 5.91 Å². The molecule has 0 saturated carbocycles. The van der Waals surface area contributed by atoms with Crippen molar-refractivity contribution in [1.82, 2.24) is 0 Å². The monoisotopic (exact) mass is 316 g/mol. The van der Waals surface area contributed by atoms with Crippen molar-refractivity contribution in [2.75, 3.05) is 11.9 Å². The van der Waals surface area contributed by atoms with Gasteiger partial charge in [0.05, 0.1) is 0 Å². The number of nitriles is 1. The Morgan fingerprint density at radius 3 is 2.79 bits per heavy atom. The first kappa shape index (κ1) is 16.9. The predicted octanol–water partition coefficient (Wildman–Crippen LogP) is 3.55. The number of amides is 1. The molecule has 0 aliphatic rings. The molecule has 0 spiro atoms. The molecule has 2 rings (SSSR count). The fourth-order valence-corrected chi connectivity index (χ4v) is 2.04. The van der Waals surface area contributed by atoms with Gasteiger partial charge < -0.3 is 10.1 Å². The fourth-order valence-electron chi connectivity index (χ4n) is 2.04. The lowest BCUT2D eigenvalue weighted by Crippen LogP contribution is -2.14. The number of anilines is 1. The van der Waals surface area contributed by atoms with E-state index >= 15 is 0 Å². The number of hydrogen-bond acceptors (Lipinski definition) is 3. The number of aryl methyl sites for hydroxylation is 1. The quantitative estimate of drug-likeness (QED) is 0.521. The van der Waals surface area contributed by atoms with Gasteiger partial charge in [-0.2, -0.15) is 5.26 Å². The third-order valence-corrected chi connectivity index (χ3v) is 3.25. The topological polar surface area (TPSA) is 62.1 Å². The van der Waals surface area contributed by atoms with Gasteiger partial charge in [-0.25, -0.2) is 0 Å². The molecule has 1 N–H and O–H groups in total. The summed E-state index contributed by atoms with van der Waals surface area (Å²) in [5, 5.41) is 12.0. The Balaban J connectivity index is 2.20. The van der Waals surface area contributed by atoms with Gasteiger partial charge in [0.1, 0.15) is 24.0 Å². The average molecular weight is 316 g/mol. The highest BCUT2D eigenvalue weighted by Gasteiger charge is 2.10. The van der Waals surface area contributed by atoms with Crippen molar-refractivity contribution >= 4 is 17.7 Å². The van der Waals surface area contributed by atoms with Crippen LogP contribution in [0.2, 0.25) is 0 Å². The van der Waals surface area contributed by atoms with Crippen LogP contribution in [0.4, 0.5) is 5.69 Å². The molecule has 0 aliphatic carbocycles. The lowest BCUT2D eigenvalue weighted by atomic mass is 10.1. The second-order valence-corrected chi connectivity index (χ2v) is 5.00. The van der Waals surface area contributed by atoms with Crippen LogP contribution in [-0.2, 0) is 4.79 Å². The second-order valence-electron chi connectivity index (χ2n) is 5.00. The molecule has 0 heterocycles. The number of rotatable bonds is 5. The van der Waals surface area contributed by atoms with Crippen molar-refractivity contribution in [3.63, 3.8) is 0 Å². The Morgan fingerprint density at radius 2 is 2.08 bits per heavy atom. The third-order valence-electron chi connectivity index (χ3n) is 3.25. The minimum absolute atomic E-state index is 0.00681. The Bertz CT molecular complexity index is 854. The summed E-state index contributed by atoms with van der Waals surface area (Å²) < 4.78 is 5.33. The zero-order valence-electron chi connectivity index (χ0n) is 13.2. The van der Waals surface area contributed by atoms with E-state index < -0.39 is 5.91 Å². The van der Waals surface area contributed by atoms with Crippen LogP contribution in [0.5, 0.6) is 5.75 Å². The zero-order chi connectivity index (χ0) is 17.4. The van der Waals surface area contributed by atoms with E-state index in [-0.39, 0.29) is 12.2 Å². The van der Waals surface area contributed by atoms with Gasteiger partial charge in [-0.15, -0.1) is 6.42 Å². The second kappa shape index (κ2) is 8.22. The number of nitrogens with one attached hydrogen (secondary N) is 1. The van der Waals surface area contributed by atoms with Crippen molar-refractivity contribution in [1.29, 1.82) is 5.26 Å². The molecule has 0 atom stereocenters. The molecule has 4 heteroatoms. The van der Waals surface area contributed by atoms with Crippen molar-refractivity contribution in [3.05, 3.63) is 65.2 Å². The number of carbonyl (C=O) groups excluding carboxylic acids is 1. The van der Waals surface area contributed by atoms with Gasteiger partial charge in [-0.05, 0) is 42.3 Å². The van der Waals surface area contributed by atoms with Crippen molar-refractivity contribution in [2.24, 2.45) is 0 Å². The number of ether oxygens (including phenoxy) is 1. The fraction of sp³-hybridized carbons (Fsp3) is 0.100.